The van der Waals surface area contributed by atoms with Crippen molar-refractivity contribution in [2.45, 2.75) is 51.4 Å². The van der Waals surface area contributed by atoms with Crippen molar-refractivity contribution in [1.82, 2.24) is 0 Å². The fraction of sp³-hybridized carbons (Fsp3) is 0.556. The molecule has 0 saturated carbocycles. The lowest BCUT2D eigenvalue weighted by atomic mass is 10.1. The van der Waals surface area contributed by atoms with E-state index in [1.54, 1.807) is 0 Å². The van der Waals surface area contributed by atoms with Gasteiger partial charge in [-0.3, -0.25) is 10.1 Å². The summed E-state index contributed by atoms with van der Waals surface area (Å²) in [6.45, 7) is 3.71. The van der Waals surface area contributed by atoms with Crippen molar-refractivity contribution in [2.75, 3.05) is 13.3 Å². The van der Waals surface area contributed by atoms with Crippen molar-refractivity contribution < 1.29 is 18.5 Å². The highest BCUT2D eigenvalue weighted by atomic mass is 31.2. The smallest absolute Gasteiger partial charge is 0.378 e. The molecule has 6 nitrogen and oxygen atoms in total. The molecule has 1 unspecified atom stereocenters. The number of non-ortho nitro benzene ring substituents is 1. The van der Waals surface area contributed by atoms with Gasteiger partial charge in [0.05, 0.1) is 11.1 Å². The summed E-state index contributed by atoms with van der Waals surface area (Å²) in [6.07, 6.45) is 11.1. The third-order valence-corrected chi connectivity index (χ3v) is 5.82. The predicted octanol–water partition coefficient (Wildman–Crippen LogP) is 6.12. The van der Waals surface area contributed by atoms with E-state index in [1.807, 2.05) is 6.08 Å². The minimum atomic E-state index is -3.21. The van der Waals surface area contributed by atoms with Crippen molar-refractivity contribution in [1.29, 1.82) is 0 Å². The normalized spacial score (nSPS) is 13.2. The van der Waals surface area contributed by atoms with Crippen molar-refractivity contribution in [3.05, 3.63) is 47.0 Å². The predicted molar refractivity (Wildman–Crippen MR) is 100 cm³/mol. The molecule has 1 atom stereocenters. The maximum atomic E-state index is 12.6. The molecular weight excluding hydrogens is 341 g/mol. The minimum Gasteiger partial charge on any atom is -0.424 e. The number of allylic oxidation sites excluding steroid dienone is 1. The Morgan fingerprint density at radius 2 is 1.64 bits per heavy atom. The van der Waals surface area contributed by atoms with Crippen LogP contribution in [0.2, 0.25) is 0 Å². The molecule has 140 valence electrons. The molecule has 0 fully saturated rings. The van der Waals surface area contributed by atoms with Crippen LogP contribution in [0.15, 0.2) is 36.9 Å². The molecule has 0 saturated heterocycles. The van der Waals surface area contributed by atoms with Gasteiger partial charge >= 0.3 is 7.60 Å². The van der Waals surface area contributed by atoms with Crippen LogP contribution >= 0.6 is 7.60 Å². The van der Waals surface area contributed by atoms with E-state index in [1.165, 1.54) is 57.1 Å². The van der Waals surface area contributed by atoms with Gasteiger partial charge in [-0.15, -0.1) is 6.58 Å². The molecule has 0 aliphatic heterocycles. The minimum absolute atomic E-state index is 0.0345. The average molecular weight is 369 g/mol. The molecule has 0 N–H and O–H groups in total. The van der Waals surface area contributed by atoms with E-state index in [2.05, 4.69) is 6.58 Å². The summed E-state index contributed by atoms with van der Waals surface area (Å²) in [4.78, 5) is 10.1. The molecule has 1 aromatic rings. The van der Waals surface area contributed by atoms with Gasteiger partial charge in [0.15, 0.2) is 0 Å². The summed E-state index contributed by atoms with van der Waals surface area (Å²) in [5.41, 5.74) is -0.0345. The summed E-state index contributed by atoms with van der Waals surface area (Å²) < 4.78 is 23.1. The molecule has 25 heavy (non-hydrogen) atoms. The number of hydrogen-bond acceptors (Lipinski definition) is 5. The first-order valence-electron chi connectivity index (χ1n) is 8.70. The van der Waals surface area contributed by atoms with Crippen LogP contribution in [0, 0.1) is 10.1 Å². The van der Waals surface area contributed by atoms with Crippen LogP contribution < -0.4 is 4.52 Å². The van der Waals surface area contributed by atoms with Gasteiger partial charge in [0.25, 0.3) is 5.69 Å². The lowest BCUT2D eigenvalue weighted by molar-refractivity contribution is -0.384. The second kappa shape index (κ2) is 11.8. The van der Waals surface area contributed by atoms with Gasteiger partial charge in [0, 0.05) is 19.2 Å². The zero-order valence-corrected chi connectivity index (χ0v) is 15.8. The van der Waals surface area contributed by atoms with Gasteiger partial charge in [0.1, 0.15) is 5.75 Å². The first kappa shape index (κ1) is 21.4. The van der Waals surface area contributed by atoms with Gasteiger partial charge < -0.3 is 9.05 Å². The van der Waals surface area contributed by atoms with E-state index in [-0.39, 0.29) is 5.69 Å². The number of hydrogen-bond donors (Lipinski definition) is 0. The van der Waals surface area contributed by atoms with Gasteiger partial charge in [-0.2, -0.15) is 0 Å². The zero-order valence-electron chi connectivity index (χ0n) is 14.9. The summed E-state index contributed by atoms with van der Waals surface area (Å²) in [5, 5.41) is 10.6. The second-order valence-electron chi connectivity index (χ2n) is 5.91. The topological polar surface area (TPSA) is 78.7 Å². The fourth-order valence-electron chi connectivity index (χ4n) is 2.44. The Hall–Kier alpha value is -1.65. The lowest BCUT2D eigenvalue weighted by Gasteiger charge is -2.17. The van der Waals surface area contributed by atoms with Crippen molar-refractivity contribution >= 4 is 13.3 Å². The van der Waals surface area contributed by atoms with Gasteiger partial charge in [-0.1, -0.05) is 38.2 Å². The highest BCUT2D eigenvalue weighted by Crippen LogP contribution is 2.48. The Morgan fingerprint density at radius 1 is 1.08 bits per heavy atom. The van der Waals surface area contributed by atoms with E-state index < -0.39 is 12.5 Å². The van der Waals surface area contributed by atoms with E-state index in [9.17, 15) is 14.7 Å². The van der Waals surface area contributed by atoms with Crippen LogP contribution in [0.5, 0.6) is 5.75 Å². The second-order valence-corrected chi connectivity index (χ2v) is 8.13. The van der Waals surface area contributed by atoms with Crippen molar-refractivity contribution in [3.63, 3.8) is 0 Å². The van der Waals surface area contributed by atoms with Crippen LogP contribution in [-0.4, -0.2) is 18.2 Å². The quantitative estimate of drug-likeness (QED) is 0.130. The Bertz CT molecular complexity index is 573. The standard InChI is InChI=1S/C18H28NO5P/c1-3-4-5-6-7-8-9-10-11-16-25(22,23-2)24-18-14-12-17(13-15-18)19(20)21/h3,12-15H,1,4-11,16H2,2H3. The molecule has 0 radical (unpaired) electrons. The average Bonchev–Trinajstić information content (AvgIpc) is 2.61. The Kier molecular flexibility index (Phi) is 10.1. The van der Waals surface area contributed by atoms with Crippen LogP contribution in [0.4, 0.5) is 5.69 Å². The van der Waals surface area contributed by atoms with Gasteiger partial charge in [-0.25, -0.2) is 4.57 Å². The van der Waals surface area contributed by atoms with Gasteiger partial charge in [0.2, 0.25) is 0 Å². The first-order valence-corrected chi connectivity index (χ1v) is 10.4. The SMILES string of the molecule is C=CCCCCCCCCCP(=O)(OC)Oc1ccc([N+](=O)[O-])cc1. The van der Waals surface area contributed by atoms with Crippen molar-refractivity contribution in [2.24, 2.45) is 0 Å². The zero-order chi connectivity index (χ0) is 18.5. The summed E-state index contributed by atoms with van der Waals surface area (Å²) in [5.74, 6) is 0.318. The van der Waals surface area contributed by atoms with Crippen molar-refractivity contribution in [3.8, 4) is 5.75 Å². The van der Waals surface area contributed by atoms with Crippen LogP contribution in [0.1, 0.15) is 51.4 Å². The molecule has 0 heterocycles. The summed E-state index contributed by atoms with van der Waals surface area (Å²) in [6, 6.07) is 5.52. The van der Waals surface area contributed by atoms with Crippen LogP contribution in [-0.2, 0) is 9.09 Å². The number of nitro groups is 1. The number of benzene rings is 1. The first-order chi connectivity index (χ1) is 12.0. The molecule has 7 heteroatoms. The molecule has 0 amide bonds. The van der Waals surface area contributed by atoms with Crippen LogP contribution in [0.25, 0.3) is 0 Å². The fourth-order valence-corrected chi connectivity index (χ4v) is 3.84. The van der Waals surface area contributed by atoms with Gasteiger partial charge in [-0.05, 0) is 31.4 Å². The van der Waals surface area contributed by atoms with E-state index in [4.69, 9.17) is 9.05 Å². The summed E-state index contributed by atoms with van der Waals surface area (Å²) in [7, 11) is -1.85. The molecule has 1 aromatic carbocycles. The van der Waals surface area contributed by atoms with Crippen LogP contribution in [0.3, 0.4) is 0 Å². The maximum absolute atomic E-state index is 12.6. The summed E-state index contributed by atoms with van der Waals surface area (Å²) >= 11 is 0. The monoisotopic (exact) mass is 369 g/mol. The number of unbranched alkanes of at least 4 members (excludes halogenated alkanes) is 7. The highest BCUT2D eigenvalue weighted by Gasteiger charge is 2.24. The molecule has 0 bridgehead atoms. The highest BCUT2D eigenvalue weighted by molar-refractivity contribution is 7.54. The van der Waals surface area contributed by atoms with E-state index in [0.29, 0.717) is 11.9 Å². The third-order valence-electron chi connectivity index (χ3n) is 3.91. The molecule has 0 aromatic heterocycles. The number of nitrogens with zero attached hydrogens (tertiary/aromatic N) is 1. The Morgan fingerprint density at radius 3 is 2.16 bits per heavy atom. The van der Waals surface area contributed by atoms with E-state index >= 15 is 0 Å². The molecule has 0 aliphatic carbocycles. The molecule has 1 rings (SSSR count). The maximum Gasteiger partial charge on any atom is 0.378 e. The third kappa shape index (κ3) is 8.84. The Balaban J connectivity index is 2.30. The largest absolute Gasteiger partial charge is 0.424 e. The Labute approximate surface area is 149 Å². The molecule has 0 spiro atoms. The lowest BCUT2D eigenvalue weighted by Crippen LogP contribution is -2.01. The number of nitro benzene ring substituents is 1. The molecule has 0 aliphatic rings. The van der Waals surface area contributed by atoms with E-state index in [0.717, 1.165) is 25.7 Å². The molecular formula is C18H28NO5P. The number of rotatable bonds is 14.